The summed E-state index contributed by atoms with van der Waals surface area (Å²) in [6, 6.07) is 6.97. The molecule has 74 heavy (non-hydrogen) atoms. The van der Waals surface area contributed by atoms with Gasteiger partial charge in [-0.25, -0.2) is 4.79 Å². The Kier molecular flexibility index (Phi) is 19.3. The second-order valence-corrected chi connectivity index (χ2v) is 22.5. The summed E-state index contributed by atoms with van der Waals surface area (Å²) in [5.74, 6) is -8.96. The molecule has 19 atom stereocenters. The molecule has 0 saturated carbocycles. The maximum atomic E-state index is 15.1. The van der Waals surface area contributed by atoms with Crippen molar-refractivity contribution in [3.8, 4) is 11.4 Å². The Morgan fingerprint density at radius 2 is 1.65 bits per heavy atom. The Labute approximate surface area is 442 Å². The van der Waals surface area contributed by atoms with E-state index in [9.17, 15) is 24.6 Å². The fourth-order valence-electron chi connectivity index (χ4n) is 11.6. The predicted octanol–water partition coefficient (Wildman–Crippen LogP) is 5.14. The van der Waals surface area contributed by atoms with E-state index in [1.54, 1.807) is 55.4 Å². The summed E-state index contributed by atoms with van der Waals surface area (Å²) in [5.41, 5.74) is 3.15. The van der Waals surface area contributed by atoms with Gasteiger partial charge in [-0.1, -0.05) is 66.1 Å². The number of aromatic nitrogens is 2. The minimum atomic E-state index is -1.68. The lowest BCUT2D eigenvalue weighted by Crippen LogP contribution is -2.61. The summed E-state index contributed by atoms with van der Waals surface area (Å²) >= 11 is 3.42. The van der Waals surface area contributed by atoms with Crippen LogP contribution in [0.2, 0.25) is 0 Å². The minimum absolute atomic E-state index is 0.0102. The summed E-state index contributed by atoms with van der Waals surface area (Å²) < 4.78 is 57.5. The number of esters is 2. The van der Waals surface area contributed by atoms with Crippen molar-refractivity contribution in [3.63, 3.8) is 0 Å². The first-order valence-electron chi connectivity index (χ1n) is 25.6. The largest absolute Gasteiger partial charge is 0.458 e. The molecule has 10 unspecified atom stereocenters. The van der Waals surface area contributed by atoms with Crippen LogP contribution >= 0.6 is 15.9 Å². The number of carbonyl (C=O) groups is 4. The van der Waals surface area contributed by atoms with Gasteiger partial charge in [-0.3, -0.25) is 14.4 Å². The molecule has 4 saturated heterocycles. The molecule has 21 nitrogen and oxygen atoms in total. The topological polar surface area (TPSA) is 272 Å². The lowest BCUT2D eigenvalue weighted by molar-refractivity contribution is -0.319. The molecule has 4 aliphatic rings. The van der Waals surface area contributed by atoms with Crippen LogP contribution in [0, 0.1) is 35.5 Å². The Bertz CT molecular complexity index is 2320. The average Bonchev–Trinajstić information content (AvgIpc) is 3.95. The molecule has 4 fully saturated rings. The highest BCUT2D eigenvalue weighted by Gasteiger charge is 2.63. The molecule has 0 bridgehead atoms. The molecule has 2 aromatic rings. The van der Waals surface area contributed by atoms with E-state index in [0.29, 0.717) is 17.8 Å². The number of hydrogen-bond donors (Lipinski definition) is 3. The summed E-state index contributed by atoms with van der Waals surface area (Å²) in [6.45, 7) is 17.4. The number of aliphatic hydroxyl groups excluding tert-OH is 2. The second-order valence-electron chi connectivity index (χ2n) is 21.6. The molecular formula is C52H78BrN5O16. The molecular weight excluding hydrogens is 1030 g/mol. The van der Waals surface area contributed by atoms with Crippen molar-refractivity contribution in [2.45, 2.75) is 186 Å². The molecule has 22 heteroatoms. The highest BCUT2D eigenvalue weighted by atomic mass is 79.9. The molecule has 5 heterocycles. The molecule has 4 N–H and O–H groups in total. The maximum Gasteiger partial charge on any atom is 0.335 e. The van der Waals surface area contributed by atoms with Gasteiger partial charge < -0.3 is 68.1 Å². The monoisotopic (exact) mass is 1110 g/mol. The lowest BCUT2D eigenvalue weighted by atomic mass is 9.67. The Hall–Kier alpha value is -3.97. The van der Waals surface area contributed by atoms with Gasteiger partial charge in [0.2, 0.25) is 11.7 Å². The third-order valence-electron chi connectivity index (χ3n) is 16.0. The zero-order chi connectivity index (χ0) is 54.8. The van der Waals surface area contributed by atoms with Crippen molar-refractivity contribution < 1.29 is 76.6 Å². The smallest absolute Gasteiger partial charge is 0.335 e. The van der Waals surface area contributed by atoms with Crippen LogP contribution in [0.3, 0.4) is 0 Å². The third-order valence-corrected chi connectivity index (χ3v) is 16.5. The first-order chi connectivity index (χ1) is 34.7. The average molecular weight is 1110 g/mol. The zero-order valence-corrected chi connectivity index (χ0v) is 46.7. The fraction of sp³-hybridized carbons (Fsp3) is 0.750. The van der Waals surface area contributed by atoms with Crippen molar-refractivity contribution in [2.75, 3.05) is 28.3 Å². The SMILES string of the molecule is CC[C@H]1OC(=O)[C@H](C)[C@@H](OC2CC(C)(OC)C(O)C(C)O2)[C@H](C)[C@@H](OC2OC(C)CC(N(C)C)C2O)[C@@](C)(OC)C[C@@H](C)C(=O)[C@H](C)C2C(/C(N)=N\OC(=O)CCc3nc(-c4cccc(Br)c4)no3)C(=O)O[C@@]21C. The highest BCUT2D eigenvalue weighted by molar-refractivity contribution is 9.10. The van der Waals surface area contributed by atoms with Gasteiger partial charge >= 0.3 is 17.9 Å². The van der Waals surface area contributed by atoms with Crippen LogP contribution in [-0.2, 0) is 68.3 Å². The van der Waals surface area contributed by atoms with Crippen LogP contribution in [0.5, 0.6) is 0 Å². The first-order valence-corrected chi connectivity index (χ1v) is 26.3. The van der Waals surface area contributed by atoms with E-state index >= 15 is 4.79 Å². The number of oxime groups is 1. The number of ketones is 1. The number of aryl methyl sites for hydroxylation is 1. The molecule has 0 amide bonds. The number of nitrogens with zero attached hydrogens (tertiary/aromatic N) is 4. The molecule has 6 rings (SSSR count). The van der Waals surface area contributed by atoms with Gasteiger partial charge in [0.25, 0.3) is 0 Å². The molecule has 1 aromatic heterocycles. The van der Waals surface area contributed by atoms with E-state index in [2.05, 4.69) is 31.2 Å². The number of Topliss-reactive ketones (excluding diaryl/α,β-unsaturated/α-hetero) is 1. The Morgan fingerprint density at radius 1 is 0.959 bits per heavy atom. The maximum absolute atomic E-state index is 15.1. The van der Waals surface area contributed by atoms with Gasteiger partial charge in [0.05, 0.1) is 48.0 Å². The van der Waals surface area contributed by atoms with Gasteiger partial charge in [-0.2, -0.15) is 4.98 Å². The molecule has 4 aliphatic heterocycles. The van der Waals surface area contributed by atoms with Crippen molar-refractivity contribution >= 4 is 45.5 Å². The van der Waals surface area contributed by atoms with Crippen molar-refractivity contribution in [1.82, 2.24) is 15.0 Å². The predicted molar refractivity (Wildman–Crippen MR) is 269 cm³/mol. The number of likely N-dealkylation sites (N-methyl/N-ethyl adjacent to an activating group) is 1. The summed E-state index contributed by atoms with van der Waals surface area (Å²) in [6.07, 6.45) is -8.20. The molecule has 1 aromatic carbocycles. The molecule has 0 spiro atoms. The standard InChI is InChI=1S/C52H78BrN5O16/c1-15-34-52(10)39(38(48(64)72-52)45(54)56-74-36(59)20-19-35-55-46(57-73-35)31-17-16-18-32(53)22-31)27(4)40(60)25(2)23-51(9,66-14)44(71-49-41(61)33(58(11)12)21-26(3)67-49)28(5)42(29(6)47(63)69-34)70-37-24-50(8,65-13)43(62)30(7)68-37/h16-18,22,25-30,33-34,37-39,41-44,49,61-62H,15,19-21,23-24H2,1-14H3,(H2,54,56)/t25-,26?,27-,28+,29-,30?,33?,34-,37?,38?,39?,41?,42+,43?,44-,49?,50?,51+,52-/m1/s1. The molecule has 0 radical (unpaired) electrons. The Balaban J connectivity index is 1.36. The van der Waals surface area contributed by atoms with E-state index in [1.807, 2.05) is 57.1 Å². The van der Waals surface area contributed by atoms with Crippen molar-refractivity contribution in [3.05, 3.63) is 34.6 Å². The minimum Gasteiger partial charge on any atom is -0.458 e. The zero-order valence-electron chi connectivity index (χ0n) is 45.1. The van der Waals surface area contributed by atoms with Gasteiger partial charge in [0.15, 0.2) is 24.0 Å². The van der Waals surface area contributed by atoms with Crippen LogP contribution < -0.4 is 5.73 Å². The number of aliphatic hydroxyl groups is 2. The van der Waals surface area contributed by atoms with E-state index in [1.165, 1.54) is 14.2 Å². The van der Waals surface area contributed by atoms with Crippen LogP contribution in [0.4, 0.5) is 0 Å². The van der Waals surface area contributed by atoms with Crippen LogP contribution in [0.25, 0.3) is 11.4 Å². The number of benzene rings is 1. The van der Waals surface area contributed by atoms with Gasteiger partial charge in [-0.05, 0) is 87.0 Å². The molecule has 0 aliphatic carbocycles. The number of cyclic esters (lactones) is 1. The van der Waals surface area contributed by atoms with E-state index in [0.717, 1.165) is 4.47 Å². The van der Waals surface area contributed by atoms with Crippen LogP contribution in [0.1, 0.15) is 107 Å². The number of methoxy groups -OCH3 is 2. The third kappa shape index (κ3) is 12.6. The van der Waals surface area contributed by atoms with Crippen molar-refractivity contribution in [2.24, 2.45) is 46.4 Å². The van der Waals surface area contributed by atoms with Gasteiger partial charge in [-0.15, -0.1) is 0 Å². The van der Waals surface area contributed by atoms with Gasteiger partial charge in [0, 0.05) is 66.8 Å². The first kappa shape index (κ1) is 59.3. The Morgan fingerprint density at radius 3 is 2.28 bits per heavy atom. The number of amidine groups is 1. The number of ether oxygens (including phenoxy) is 8. The van der Waals surface area contributed by atoms with Crippen molar-refractivity contribution in [1.29, 1.82) is 0 Å². The second kappa shape index (κ2) is 24.1. The number of rotatable bonds is 14. The van der Waals surface area contributed by atoms with E-state index in [4.69, 9.17) is 53.0 Å². The van der Waals surface area contributed by atoms with Gasteiger partial charge in [0.1, 0.15) is 30.0 Å². The molecule has 414 valence electrons. The fourth-order valence-corrected chi connectivity index (χ4v) is 12.0. The number of hydrogen-bond acceptors (Lipinski definition) is 20. The lowest BCUT2D eigenvalue weighted by Gasteiger charge is -2.50. The number of carbonyl (C=O) groups excluding carboxylic acids is 4. The quantitative estimate of drug-likeness (QED) is 0.0727. The summed E-state index contributed by atoms with van der Waals surface area (Å²) in [5, 5.41) is 30.9. The van der Waals surface area contributed by atoms with E-state index < -0.39 is 125 Å². The number of nitrogens with two attached hydrogens (primary N) is 1. The van der Waals surface area contributed by atoms with Crippen LogP contribution in [-0.4, -0.2) is 161 Å². The summed E-state index contributed by atoms with van der Waals surface area (Å²) in [4.78, 5) is 69.0. The number of fused-ring (bicyclic) bond motifs is 1. The summed E-state index contributed by atoms with van der Waals surface area (Å²) in [7, 11) is 6.71. The van der Waals surface area contributed by atoms with E-state index in [-0.39, 0.29) is 55.9 Å². The number of halogens is 1. The normalized spacial score (nSPS) is 39.8. The highest BCUT2D eigenvalue weighted by Crippen LogP contribution is 2.49. The van der Waals surface area contributed by atoms with Crippen LogP contribution in [0.15, 0.2) is 38.4 Å².